The molecule has 104 valence electrons. The molecule has 0 saturated carbocycles. The van der Waals surface area contributed by atoms with E-state index < -0.39 is 0 Å². The summed E-state index contributed by atoms with van der Waals surface area (Å²) in [7, 11) is 1.61. The summed E-state index contributed by atoms with van der Waals surface area (Å²) in [5, 5.41) is 0. The van der Waals surface area contributed by atoms with E-state index in [1.54, 1.807) is 13.5 Å². The minimum atomic E-state index is 0.0119. The summed E-state index contributed by atoms with van der Waals surface area (Å²) in [6.07, 6.45) is 3.53. The highest BCUT2D eigenvalue weighted by Gasteiger charge is 2.26. The highest BCUT2D eigenvalue weighted by atomic mass is 16.5. The van der Waals surface area contributed by atoms with Crippen molar-refractivity contribution in [1.82, 2.24) is 4.90 Å². The standard InChI is InChI=1S/C13H23NO4/c1-3-6-14(12-4-7-17-8-5-12)13(15)11-18-10-9-16-2/h3,12H,1,4-11H2,2H3. The topological polar surface area (TPSA) is 48.0 Å². The van der Waals surface area contributed by atoms with Crippen LogP contribution in [0.2, 0.25) is 0 Å². The van der Waals surface area contributed by atoms with Gasteiger partial charge in [-0.05, 0) is 12.8 Å². The van der Waals surface area contributed by atoms with Crippen molar-refractivity contribution in [2.24, 2.45) is 0 Å². The second kappa shape index (κ2) is 9.19. The highest BCUT2D eigenvalue weighted by molar-refractivity contribution is 5.78. The molecule has 0 N–H and O–H groups in total. The molecule has 0 bridgehead atoms. The van der Waals surface area contributed by atoms with E-state index in [2.05, 4.69) is 6.92 Å². The smallest absolute Gasteiger partial charge is 0.251 e. The Kier molecular flexibility index (Phi) is 7.80. The van der Waals surface area contributed by atoms with E-state index in [0.717, 1.165) is 26.1 Å². The van der Waals surface area contributed by atoms with Crippen LogP contribution in [0.4, 0.5) is 0 Å². The van der Waals surface area contributed by atoms with Crippen molar-refractivity contribution in [2.75, 3.05) is 46.7 Å². The fourth-order valence-electron chi connectivity index (χ4n) is 1.98. The van der Waals surface area contributed by atoms with Crippen molar-refractivity contribution in [2.45, 2.75) is 18.9 Å². The summed E-state index contributed by atoms with van der Waals surface area (Å²) < 4.78 is 15.4. The van der Waals surface area contributed by atoms with Gasteiger partial charge in [0, 0.05) is 26.4 Å². The van der Waals surface area contributed by atoms with E-state index in [4.69, 9.17) is 14.2 Å². The Morgan fingerprint density at radius 2 is 2.17 bits per heavy atom. The second-order valence-electron chi connectivity index (χ2n) is 4.22. The van der Waals surface area contributed by atoms with Gasteiger partial charge in [-0.3, -0.25) is 4.79 Å². The predicted octanol–water partition coefficient (Wildman–Crippen LogP) is 0.695. The third kappa shape index (κ3) is 5.25. The molecule has 1 aliphatic heterocycles. The van der Waals surface area contributed by atoms with Crippen LogP contribution in [-0.4, -0.2) is 63.5 Å². The molecule has 1 fully saturated rings. The number of carbonyl (C=O) groups excluding carboxylic acids is 1. The van der Waals surface area contributed by atoms with Gasteiger partial charge in [-0.15, -0.1) is 6.92 Å². The van der Waals surface area contributed by atoms with Crippen LogP contribution in [0.1, 0.15) is 12.8 Å². The number of methoxy groups -OCH3 is 1. The molecule has 0 atom stereocenters. The fraction of sp³-hybridized carbons (Fsp3) is 0.769. The SMILES string of the molecule is [CH2-][CH+]CN(C(=O)COCCOC)C1CCOCC1. The molecule has 18 heavy (non-hydrogen) atoms. The zero-order valence-electron chi connectivity index (χ0n) is 11.1. The molecule has 1 heterocycles. The summed E-state index contributed by atoms with van der Waals surface area (Å²) in [6, 6.07) is 0.246. The molecule has 1 rings (SSSR count). The molecule has 0 aliphatic carbocycles. The lowest BCUT2D eigenvalue weighted by Gasteiger charge is -2.32. The van der Waals surface area contributed by atoms with Crippen molar-refractivity contribution < 1.29 is 19.0 Å². The van der Waals surface area contributed by atoms with Gasteiger partial charge in [-0.1, -0.05) is 6.42 Å². The number of carbonyl (C=O) groups is 1. The molecule has 1 saturated heterocycles. The molecular formula is C13H23NO4. The largest absolute Gasteiger partial charge is 0.382 e. The van der Waals surface area contributed by atoms with E-state index in [0.29, 0.717) is 19.8 Å². The first-order chi connectivity index (χ1) is 8.79. The van der Waals surface area contributed by atoms with Crippen LogP contribution in [-0.2, 0) is 19.0 Å². The average molecular weight is 257 g/mol. The van der Waals surface area contributed by atoms with Crippen LogP contribution in [0.25, 0.3) is 0 Å². The normalized spacial score (nSPS) is 16.6. The second-order valence-corrected chi connectivity index (χ2v) is 4.22. The minimum Gasteiger partial charge on any atom is -0.382 e. The van der Waals surface area contributed by atoms with Crippen LogP contribution in [0.5, 0.6) is 0 Å². The van der Waals surface area contributed by atoms with Gasteiger partial charge in [0.1, 0.15) is 13.2 Å². The van der Waals surface area contributed by atoms with Crippen LogP contribution in [0.15, 0.2) is 0 Å². The Labute approximate surface area is 109 Å². The Morgan fingerprint density at radius 3 is 2.78 bits per heavy atom. The third-order valence-electron chi connectivity index (χ3n) is 2.94. The fourth-order valence-corrected chi connectivity index (χ4v) is 1.98. The molecule has 5 heteroatoms. The molecule has 0 aromatic heterocycles. The van der Waals surface area contributed by atoms with Gasteiger partial charge in [0.2, 0.25) is 0 Å². The van der Waals surface area contributed by atoms with E-state index in [9.17, 15) is 4.79 Å². The van der Waals surface area contributed by atoms with Gasteiger partial charge in [0.15, 0.2) is 0 Å². The Morgan fingerprint density at radius 1 is 1.44 bits per heavy atom. The zero-order chi connectivity index (χ0) is 13.2. The summed E-state index contributed by atoms with van der Waals surface area (Å²) in [6.45, 7) is 6.76. The van der Waals surface area contributed by atoms with E-state index in [-0.39, 0.29) is 18.6 Å². The van der Waals surface area contributed by atoms with E-state index in [1.165, 1.54) is 0 Å². The molecule has 5 nitrogen and oxygen atoms in total. The van der Waals surface area contributed by atoms with Crippen molar-refractivity contribution in [3.05, 3.63) is 13.3 Å². The van der Waals surface area contributed by atoms with Gasteiger partial charge in [0.05, 0.1) is 13.2 Å². The van der Waals surface area contributed by atoms with Gasteiger partial charge in [-0.25, -0.2) is 0 Å². The third-order valence-corrected chi connectivity index (χ3v) is 2.94. The summed E-state index contributed by atoms with van der Waals surface area (Å²) in [4.78, 5) is 13.9. The van der Waals surface area contributed by atoms with Crippen molar-refractivity contribution in [3.63, 3.8) is 0 Å². The average Bonchev–Trinajstić information content (AvgIpc) is 2.41. The maximum atomic E-state index is 12.1. The van der Waals surface area contributed by atoms with Crippen molar-refractivity contribution in [3.8, 4) is 0 Å². The van der Waals surface area contributed by atoms with Gasteiger partial charge in [0.25, 0.3) is 5.91 Å². The molecular weight excluding hydrogens is 234 g/mol. The summed E-state index contributed by atoms with van der Waals surface area (Å²) >= 11 is 0. The first-order valence-electron chi connectivity index (χ1n) is 6.34. The summed E-state index contributed by atoms with van der Waals surface area (Å²) in [5.41, 5.74) is 0. The maximum Gasteiger partial charge on any atom is 0.251 e. The van der Waals surface area contributed by atoms with Crippen molar-refractivity contribution in [1.29, 1.82) is 0 Å². The number of rotatable bonds is 8. The van der Waals surface area contributed by atoms with Gasteiger partial charge >= 0.3 is 0 Å². The molecule has 0 aromatic rings. The van der Waals surface area contributed by atoms with E-state index >= 15 is 0 Å². The number of amides is 1. The van der Waals surface area contributed by atoms with E-state index in [1.807, 2.05) is 4.90 Å². The number of hydrogen-bond acceptors (Lipinski definition) is 4. The molecule has 0 spiro atoms. The first-order valence-corrected chi connectivity index (χ1v) is 6.34. The summed E-state index contributed by atoms with van der Waals surface area (Å²) in [5.74, 6) is 0.0119. The van der Waals surface area contributed by atoms with Crippen LogP contribution < -0.4 is 0 Å². The monoisotopic (exact) mass is 257 g/mol. The quantitative estimate of drug-likeness (QED) is 0.474. The van der Waals surface area contributed by atoms with Crippen molar-refractivity contribution >= 4 is 5.91 Å². The molecule has 0 radical (unpaired) electrons. The molecule has 0 aromatic carbocycles. The maximum absolute atomic E-state index is 12.1. The Hall–Kier alpha value is -0.780. The molecule has 1 amide bonds. The lowest BCUT2D eigenvalue weighted by atomic mass is 10.1. The van der Waals surface area contributed by atoms with Gasteiger partial charge in [-0.2, -0.15) is 0 Å². The Bertz CT molecular complexity index is 229. The minimum absolute atomic E-state index is 0.0119. The van der Waals surface area contributed by atoms with Crippen LogP contribution in [0.3, 0.4) is 0 Å². The molecule has 1 aliphatic rings. The first kappa shape index (κ1) is 15.3. The zero-order valence-corrected chi connectivity index (χ0v) is 11.1. The Balaban J connectivity index is 2.36. The highest BCUT2D eigenvalue weighted by Crippen LogP contribution is 2.15. The number of nitrogens with zero attached hydrogens (tertiary/aromatic N) is 1. The number of hydrogen-bond donors (Lipinski definition) is 0. The predicted molar refractivity (Wildman–Crippen MR) is 67.9 cm³/mol. The lowest BCUT2D eigenvalue weighted by Crippen LogP contribution is -2.45. The molecule has 0 unspecified atom stereocenters. The lowest BCUT2D eigenvalue weighted by molar-refractivity contribution is -0.140. The number of ether oxygens (including phenoxy) is 3. The van der Waals surface area contributed by atoms with Crippen LogP contribution in [0, 0.1) is 13.3 Å². The van der Waals surface area contributed by atoms with Crippen LogP contribution >= 0.6 is 0 Å². The van der Waals surface area contributed by atoms with Gasteiger partial charge < -0.3 is 19.1 Å².